The Bertz CT molecular complexity index is 448. The zero-order valence-corrected chi connectivity index (χ0v) is 16.8. The van der Waals surface area contributed by atoms with Gasteiger partial charge in [0.25, 0.3) is 0 Å². The first-order valence-corrected chi connectivity index (χ1v) is 10.8. The monoisotopic (exact) mass is 362 g/mol. The highest BCUT2D eigenvalue weighted by Crippen LogP contribution is 2.19. The van der Waals surface area contributed by atoms with Crippen molar-refractivity contribution in [1.29, 1.82) is 0 Å². The van der Waals surface area contributed by atoms with Crippen molar-refractivity contribution in [3.05, 3.63) is 23.8 Å². The Hall–Kier alpha value is -1.38. The minimum atomic E-state index is -0.0840. The van der Waals surface area contributed by atoms with Crippen LogP contribution in [0.4, 0.5) is 0 Å². The maximum Gasteiger partial charge on any atom is 0.306 e. The standard InChI is InChI=1S/C23H38O3/c1-2-3-4-5-6-7-11-14-20-26-23(25)19-13-10-8-9-12-16-21-17-15-18-22(21)24/h8,10,17H,2-7,9,11-16,18-20H2,1H3. The lowest BCUT2D eigenvalue weighted by Gasteiger charge is -2.04. The van der Waals surface area contributed by atoms with Gasteiger partial charge in [-0.2, -0.15) is 0 Å². The fraction of sp³-hybridized carbons (Fsp3) is 0.739. The molecule has 0 amide bonds. The number of carbonyl (C=O) groups excluding carboxylic acids is 2. The highest BCUT2D eigenvalue weighted by Gasteiger charge is 2.13. The van der Waals surface area contributed by atoms with Crippen molar-refractivity contribution >= 4 is 11.8 Å². The van der Waals surface area contributed by atoms with Gasteiger partial charge in [-0.25, -0.2) is 0 Å². The van der Waals surface area contributed by atoms with Crippen molar-refractivity contribution in [2.45, 2.75) is 103 Å². The highest BCUT2D eigenvalue weighted by atomic mass is 16.5. The van der Waals surface area contributed by atoms with Gasteiger partial charge in [-0.05, 0) is 44.1 Å². The molecule has 0 saturated carbocycles. The molecular formula is C23H38O3. The van der Waals surface area contributed by atoms with Crippen LogP contribution in [0.1, 0.15) is 103 Å². The predicted molar refractivity (Wildman–Crippen MR) is 108 cm³/mol. The lowest BCUT2D eigenvalue weighted by molar-refractivity contribution is -0.143. The lowest BCUT2D eigenvalue weighted by Crippen LogP contribution is -2.05. The number of hydrogen-bond donors (Lipinski definition) is 0. The molecule has 148 valence electrons. The number of unbranched alkanes of at least 4 members (excludes halogenated alkanes) is 8. The maximum absolute atomic E-state index is 11.6. The summed E-state index contributed by atoms with van der Waals surface area (Å²) in [4.78, 5) is 23.1. The van der Waals surface area contributed by atoms with Gasteiger partial charge in [0.2, 0.25) is 0 Å². The molecule has 0 N–H and O–H groups in total. The van der Waals surface area contributed by atoms with Crippen LogP contribution < -0.4 is 0 Å². The van der Waals surface area contributed by atoms with E-state index in [2.05, 4.69) is 25.2 Å². The Labute approximate surface area is 160 Å². The van der Waals surface area contributed by atoms with Crippen LogP contribution in [0.15, 0.2) is 23.8 Å². The van der Waals surface area contributed by atoms with E-state index in [1.165, 1.54) is 38.5 Å². The third-order valence-corrected chi connectivity index (χ3v) is 4.88. The van der Waals surface area contributed by atoms with Crippen molar-refractivity contribution in [2.24, 2.45) is 0 Å². The van der Waals surface area contributed by atoms with Crippen molar-refractivity contribution < 1.29 is 14.3 Å². The molecule has 3 heteroatoms. The highest BCUT2D eigenvalue weighted by molar-refractivity contribution is 5.97. The summed E-state index contributed by atoms with van der Waals surface area (Å²) in [5.74, 6) is 0.243. The molecule has 0 aromatic rings. The van der Waals surface area contributed by atoms with E-state index in [1.807, 2.05) is 0 Å². The molecule has 0 bridgehead atoms. The predicted octanol–water partition coefficient (Wildman–Crippen LogP) is 6.47. The second-order valence-corrected chi connectivity index (χ2v) is 7.29. The van der Waals surface area contributed by atoms with Crippen molar-refractivity contribution in [3.63, 3.8) is 0 Å². The largest absolute Gasteiger partial charge is 0.466 e. The summed E-state index contributed by atoms with van der Waals surface area (Å²) >= 11 is 0. The minimum Gasteiger partial charge on any atom is -0.466 e. The fourth-order valence-electron chi connectivity index (χ4n) is 3.23. The van der Waals surface area contributed by atoms with E-state index in [9.17, 15) is 9.59 Å². The van der Waals surface area contributed by atoms with Crippen LogP contribution in [0.5, 0.6) is 0 Å². The van der Waals surface area contributed by atoms with Gasteiger partial charge in [0.05, 0.1) is 6.61 Å². The second-order valence-electron chi connectivity index (χ2n) is 7.29. The molecule has 0 saturated heterocycles. The summed E-state index contributed by atoms with van der Waals surface area (Å²) in [5.41, 5.74) is 1.02. The van der Waals surface area contributed by atoms with E-state index in [4.69, 9.17) is 4.74 Å². The molecule has 0 heterocycles. The number of esters is 1. The van der Waals surface area contributed by atoms with Crippen LogP contribution in [-0.4, -0.2) is 18.4 Å². The van der Waals surface area contributed by atoms with Gasteiger partial charge in [-0.15, -0.1) is 0 Å². The lowest BCUT2D eigenvalue weighted by atomic mass is 10.1. The zero-order valence-electron chi connectivity index (χ0n) is 16.8. The van der Waals surface area contributed by atoms with Crippen LogP contribution >= 0.6 is 0 Å². The van der Waals surface area contributed by atoms with Gasteiger partial charge >= 0.3 is 5.97 Å². The van der Waals surface area contributed by atoms with E-state index < -0.39 is 0 Å². The van der Waals surface area contributed by atoms with Gasteiger partial charge in [0, 0.05) is 12.8 Å². The van der Waals surface area contributed by atoms with Gasteiger partial charge < -0.3 is 4.74 Å². The normalized spacial score (nSPS) is 14.2. The molecule has 1 rings (SSSR count). The van der Waals surface area contributed by atoms with E-state index in [0.717, 1.165) is 50.5 Å². The smallest absolute Gasteiger partial charge is 0.306 e. The Balaban J connectivity index is 1.85. The average molecular weight is 363 g/mol. The number of ketones is 1. The number of carbonyl (C=O) groups is 2. The second kappa shape index (κ2) is 15.8. The summed E-state index contributed by atoms with van der Waals surface area (Å²) in [6, 6.07) is 0. The molecule has 26 heavy (non-hydrogen) atoms. The summed E-state index contributed by atoms with van der Waals surface area (Å²) in [6.07, 6.45) is 22.0. The van der Waals surface area contributed by atoms with Gasteiger partial charge in [0.1, 0.15) is 0 Å². The molecule has 3 nitrogen and oxygen atoms in total. The van der Waals surface area contributed by atoms with Crippen molar-refractivity contribution in [2.75, 3.05) is 6.61 Å². The molecular weight excluding hydrogens is 324 g/mol. The van der Waals surface area contributed by atoms with Crippen molar-refractivity contribution in [1.82, 2.24) is 0 Å². The molecule has 0 spiro atoms. The summed E-state index contributed by atoms with van der Waals surface area (Å²) in [7, 11) is 0. The van der Waals surface area contributed by atoms with Crippen LogP contribution in [0.2, 0.25) is 0 Å². The third kappa shape index (κ3) is 12.1. The Morgan fingerprint density at radius 1 is 1.00 bits per heavy atom. The molecule has 0 unspecified atom stereocenters. The number of ether oxygens (including phenoxy) is 1. The fourth-order valence-corrected chi connectivity index (χ4v) is 3.23. The minimum absolute atomic E-state index is 0.0840. The van der Waals surface area contributed by atoms with Crippen LogP contribution in [-0.2, 0) is 14.3 Å². The van der Waals surface area contributed by atoms with Gasteiger partial charge in [-0.1, -0.05) is 70.1 Å². The van der Waals surface area contributed by atoms with E-state index >= 15 is 0 Å². The number of rotatable bonds is 16. The first kappa shape index (κ1) is 22.7. The van der Waals surface area contributed by atoms with Crippen LogP contribution in [0.3, 0.4) is 0 Å². The van der Waals surface area contributed by atoms with Crippen LogP contribution in [0, 0.1) is 0 Å². The Morgan fingerprint density at radius 3 is 2.38 bits per heavy atom. The number of allylic oxidation sites excluding steroid dienone is 4. The van der Waals surface area contributed by atoms with Crippen LogP contribution in [0.25, 0.3) is 0 Å². The first-order valence-electron chi connectivity index (χ1n) is 10.8. The van der Waals surface area contributed by atoms with Gasteiger partial charge in [-0.3, -0.25) is 9.59 Å². The molecule has 0 radical (unpaired) electrons. The van der Waals surface area contributed by atoms with E-state index in [0.29, 0.717) is 25.2 Å². The maximum atomic E-state index is 11.6. The average Bonchev–Trinajstić information content (AvgIpc) is 3.04. The Morgan fingerprint density at radius 2 is 1.69 bits per heavy atom. The number of Topliss-reactive ketones (excluding diaryl/α,β-unsaturated/α-hetero) is 1. The molecule has 0 aromatic heterocycles. The zero-order chi connectivity index (χ0) is 18.9. The molecule has 0 atom stereocenters. The molecule has 1 aliphatic rings. The third-order valence-electron chi connectivity index (χ3n) is 4.88. The summed E-state index contributed by atoms with van der Waals surface area (Å²) in [6.45, 7) is 2.81. The molecule has 0 fully saturated rings. The molecule has 1 aliphatic carbocycles. The van der Waals surface area contributed by atoms with Gasteiger partial charge in [0.15, 0.2) is 5.78 Å². The number of hydrogen-bond acceptors (Lipinski definition) is 3. The van der Waals surface area contributed by atoms with Crippen molar-refractivity contribution in [3.8, 4) is 0 Å². The first-order chi connectivity index (χ1) is 12.7. The summed E-state index contributed by atoms with van der Waals surface area (Å²) < 4.78 is 5.28. The topological polar surface area (TPSA) is 43.4 Å². The quantitative estimate of drug-likeness (QED) is 0.180. The molecule has 0 aliphatic heterocycles. The molecule has 0 aromatic carbocycles. The summed E-state index contributed by atoms with van der Waals surface area (Å²) in [5, 5.41) is 0. The van der Waals surface area contributed by atoms with E-state index in [-0.39, 0.29) is 5.97 Å². The SMILES string of the molecule is CCCCCCCCCCOC(=O)CCC=CCCCC1=CCCC1=O. The van der Waals surface area contributed by atoms with E-state index in [1.54, 1.807) is 0 Å². The Kier molecular flexibility index (Phi) is 13.8.